The molecule has 2 aromatic rings. The van der Waals surface area contributed by atoms with E-state index in [0.717, 1.165) is 17.7 Å². The Bertz CT molecular complexity index is 703. The van der Waals surface area contributed by atoms with Gasteiger partial charge in [0.05, 0.1) is 11.6 Å². The highest BCUT2D eigenvalue weighted by Gasteiger charge is 2.40. The maximum absolute atomic E-state index is 11.3. The van der Waals surface area contributed by atoms with Crippen LogP contribution in [0.5, 0.6) is 0 Å². The second-order valence-corrected chi connectivity index (χ2v) is 5.28. The molecule has 0 saturated carbocycles. The number of benzene rings is 2. The normalized spacial score (nSPS) is 20.3. The lowest BCUT2D eigenvalue weighted by Crippen LogP contribution is -2.31. The predicted octanol–water partition coefficient (Wildman–Crippen LogP) is 2.84. The molecule has 0 fully saturated rings. The van der Waals surface area contributed by atoms with E-state index in [1.165, 1.54) is 5.56 Å². The van der Waals surface area contributed by atoms with Crippen LogP contribution in [0.25, 0.3) is 0 Å². The highest BCUT2D eigenvalue weighted by molar-refractivity contribution is 5.83. The molecule has 1 aliphatic heterocycles. The predicted molar refractivity (Wildman–Crippen MR) is 77.5 cm³/mol. The van der Waals surface area contributed by atoms with Crippen molar-refractivity contribution in [3.63, 3.8) is 0 Å². The van der Waals surface area contributed by atoms with Gasteiger partial charge in [-0.25, -0.2) is 0 Å². The third-order valence-corrected chi connectivity index (χ3v) is 4.06. The molecule has 0 N–H and O–H groups in total. The zero-order valence-corrected chi connectivity index (χ0v) is 11.2. The average molecular weight is 262 g/mol. The largest absolute Gasteiger partial charge is 0.313 e. The number of carbonyl (C=O) groups excluding carboxylic acids is 1. The Morgan fingerprint density at radius 1 is 1.25 bits per heavy atom. The fraction of sp³-hybridized carbons (Fsp3) is 0.176. The first-order valence-electron chi connectivity index (χ1n) is 6.51. The van der Waals surface area contributed by atoms with Gasteiger partial charge in [-0.15, -0.1) is 0 Å². The number of fused-ring (bicyclic) bond motifs is 1. The first kappa shape index (κ1) is 12.4. The minimum Gasteiger partial charge on any atom is -0.313 e. The number of rotatable bonds is 2. The Morgan fingerprint density at radius 2 is 2.00 bits per heavy atom. The van der Waals surface area contributed by atoms with E-state index in [1.54, 1.807) is 11.0 Å². The Kier molecular flexibility index (Phi) is 2.80. The highest BCUT2D eigenvalue weighted by atomic mass is 16.1. The topological polar surface area (TPSA) is 44.1 Å². The lowest BCUT2D eigenvalue weighted by Gasteiger charge is -2.25. The standard InChI is InChI=1S/C17H14N2O/c1-17(14-5-3-2-4-6-14)11-19(12-20)16-9-13(10-18)7-8-15(16)17/h2-9,12H,11H2,1H3. The van der Waals surface area contributed by atoms with Gasteiger partial charge in [0.1, 0.15) is 0 Å². The molecule has 1 amide bonds. The van der Waals surface area contributed by atoms with Crippen molar-refractivity contribution >= 4 is 12.1 Å². The van der Waals surface area contributed by atoms with Gasteiger partial charge in [-0.05, 0) is 30.2 Å². The molecule has 2 aromatic carbocycles. The fourth-order valence-corrected chi connectivity index (χ4v) is 2.96. The van der Waals surface area contributed by atoms with Gasteiger partial charge in [0.15, 0.2) is 0 Å². The molecule has 3 heteroatoms. The molecular formula is C17H14N2O. The van der Waals surface area contributed by atoms with Crippen LogP contribution in [0.4, 0.5) is 5.69 Å². The minimum atomic E-state index is -0.231. The Morgan fingerprint density at radius 3 is 2.65 bits per heavy atom. The maximum Gasteiger partial charge on any atom is 0.214 e. The maximum atomic E-state index is 11.3. The molecule has 0 radical (unpaired) electrons. The summed E-state index contributed by atoms with van der Waals surface area (Å²) >= 11 is 0. The number of hydrogen-bond donors (Lipinski definition) is 0. The van der Waals surface area contributed by atoms with Crippen LogP contribution in [-0.4, -0.2) is 13.0 Å². The molecular weight excluding hydrogens is 248 g/mol. The monoisotopic (exact) mass is 262 g/mol. The average Bonchev–Trinajstić information content (AvgIpc) is 2.81. The Hall–Kier alpha value is -2.60. The summed E-state index contributed by atoms with van der Waals surface area (Å²) in [5.74, 6) is 0. The van der Waals surface area contributed by atoms with E-state index in [0.29, 0.717) is 12.1 Å². The van der Waals surface area contributed by atoms with Crippen molar-refractivity contribution in [3.05, 3.63) is 65.2 Å². The molecule has 3 rings (SSSR count). The third-order valence-electron chi connectivity index (χ3n) is 4.06. The van der Waals surface area contributed by atoms with Gasteiger partial charge in [-0.3, -0.25) is 4.79 Å². The molecule has 1 atom stereocenters. The summed E-state index contributed by atoms with van der Waals surface area (Å²) in [4.78, 5) is 13.0. The summed E-state index contributed by atoms with van der Waals surface area (Å²) in [6.45, 7) is 2.74. The van der Waals surface area contributed by atoms with Gasteiger partial charge < -0.3 is 4.90 Å². The summed E-state index contributed by atoms with van der Waals surface area (Å²) in [6.07, 6.45) is 0.841. The molecule has 0 spiro atoms. The molecule has 1 unspecified atom stereocenters. The SMILES string of the molecule is CC1(c2ccccc2)CN(C=O)c2cc(C#N)ccc21. The van der Waals surface area contributed by atoms with Crippen LogP contribution >= 0.6 is 0 Å². The molecule has 3 nitrogen and oxygen atoms in total. The van der Waals surface area contributed by atoms with Crippen LogP contribution in [0.3, 0.4) is 0 Å². The Balaban J connectivity index is 2.20. The first-order valence-corrected chi connectivity index (χ1v) is 6.51. The van der Waals surface area contributed by atoms with Crippen molar-refractivity contribution in [3.8, 4) is 6.07 Å². The molecule has 0 bridgehead atoms. The smallest absolute Gasteiger partial charge is 0.214 e. The second-order valence-electron chi connectivity index (χ2n) is 5.28. The number of anilines is 1. The molecule has 1 aliphatic rings. The van der Waals surface area contributed by atoms with Crippen LogP contribution in [0, 0.1) is 11.3 Å². The van der Waals surface area contributed by atoms with E-state index in [-0.39, 0.29) is 5.41 Å². The molecule has 0 aliphatic carbocycles. The van der Waals surface area contributed by atoms with Gasteiger partial charge in [0.2, 0.25) is 6.41 Å². The van der Waals surface area contributed by atoms with Crippen molar-refractivity contribution in [2.75, 3.05) is 11.4 Å². The van der Waals surface area contributed by atoms with E-state index in [2.05, 4.69) is 25.1 Å². The van der Waals surface area contributed by atoms with Crippen LogP contribution in [0.1, 0.15) is 23.6 Å². The van der Waals surface area contributed by atoms with E-state index >= 15 is 0 Å². The van der Waals surface area contributed by atoms with Crippen molar-refractivity contribution in [2.24, 2.45) is 0 Å². The van der Waals surface area contributed by atoms with Gasteiger partial charge in [-0.2, -0.15) is 5.26 Å². The molecule has 1 heterocycles. The van der Waals surface area contributed by atoms with Crippen LogP contribution in [-0.2, 0) is 10.2 Å². The van der Waals surface area contributed by atoms with E-state index < -0.39 is 0 Å². The summed E-state index contributed by atoms with van der Waals surface area (Å²) < 4.78 is 0. The molecule has 98 valence electrons. The second kappa shape index (κ2) is 4.50. The summed E-state index contributed by atoms with van der Waals surface area (Å²) in [7, 11) is 0. The minimum absolute atomic E-state index is 0.231. The number of carbonyl (C=O) groups is 1. The quantitative estimate of drug-likeness (QED) is 0.781. The van der Waals surface area contributed by atoms with Crippen molar-refractivity contribution in [1.82, 2.24) is 0 Å². The van der Waals surface area contributed by atoms with E-state index in [1.807, 2.05) is 30.3 Å². The number of nitrogens with zero attached hydrogens (tertiary/aromatic N) is 2. The zero-order chi connectivity index (χ0) is 14.2. The summed E-state index contributed by atoms with van der Waals surface area (Å²) in [5, 5.41) is 9.02. The lowest BCUT2D eigenvalue weighted by atomic mass is 9.78. The fourth-order valence-electron chi connectivity index (χ4n) is 2.96. The van der Waals surface area contributed by atoms with Gasteiger partial charge in [0, 0.05) is 17.6 Å². The molecule has 0 saturated heterocycles. The number of nitriles is 1. The van der Waals surface area contributed by atoms with E-state index in [4.69, 9.17) is 5.26 Å². The van der Waals surface area contributed by atoms with Crippen LogP contribution in [0.2, 0.25) is 0 Å². The molecule has 0 aromatic heterocycles. The molecule has 20 heavy (non-hydrogen) atoms. The summed E-state index contributed by atoms with van der Waals surface area (Å²) in [6, 6.07) is 17.9. The van der Waals surface area contributed by atoms with Crippen LogP contribution in [0.15, 0.2) is 48.5 Å². The third kappa shape index (κ3) is 1.70. The number of hydrogen-bond acceptors (Lipinski definition) is 2. The van der Waals surface area contributed by atoms with Crippen molar-refractivity contribution in [2.45, 2.75) is 12.3 Å². The van der Waals surface area contributed by atoms with Gasteiger partial charge >= 0.3 is 0 Å². The lowest BCUT2D eigenvalue weighted by molar-refractivity contribution is -0.107. The zero-order valence-electron chi connectivity index (χ0n) is 11.2. The Labute approximate surface area is 118 Å². The number of amides is 1. The van der Waals surface area contributed by atoms with Crippen LogP contribution < -0.4 is 4.90 Å². The first-order chi connectivity index (χ1) is 9.69. The van der Waals surface area contributed by atoms with Crippen molar-refractivity contribution < 1.29 is 4.79 Å². The highest BCUT2D eigenvalue weighted by Crippen LogP contribution is 2.44. The van der Waals surface area contributed by atoms with Gasteiger partial charge in [0.25, 0.3) is 0 Å². The van der Waals surface area contributed by atoms with E-state index in [9.17, 15) is 4.79 Å². The summed E-state index contributed by atoms with van der Waals surface area (Å²) in [5.41, 5.74) is 3.45. The van der Waals surface area contributed by atoms with Gasteiger partial charge in [-0.1, -0.05) is 36.4 Å². The van der Waals surface area contributed by atoms with Crippen molar-refractivity contribution in [1.29, 1.82) is 5.26 Å².